The smallest absolute Gasteiger partial charge is 0.254 e. The maximum Gasteiger partial charge on any atom is 0.254 e. The van der Waals surface area contributed by atoms with Crippen molar-refractivity contribution in [3.8, 4) is 0 Å². The van der Waals surface area contributed by atoms with E-state index in [0.29, 0.717) is 23.9 Å². The van der Waals surface area contributed by atoms with E-state index in [4.69, 9.17) is 16.3 Å². The van der Waals surface area contributed by atoms with E-state index in [1.54, 1.807) is 12.1 Å². The van der Waals surface area contributed by atoms with Crippen molar-refractivity contribution in [2.24, 2.45) is 23.7 Å². The fraction of sp³-hybridized carbons (Fsp3) is 0.720. The quantitative estimate of drug-likeness (QED) is 0.607. The number of carbonyl (C=O) groups is 1. The van der Waals surface area contributed by atoms with E-state index in [-0.39, 0.29) is 47.2 Å². The summed E-state index contributed by atoms with van der Waals surface area (Å²) < 4.78 is 34.1. The van der Waals surface area contributed by atoms with Gasteiger partial charge in [0.1, 0.15) is 4.90 Å². The highest BCUT2D eigenvalue weighted by Crippen LogP contribution is 2.55. The number of amides is 1. The number of halogens is 1. The molecule has 0 spiro atoms. The number of rotatable bonds is 5. The van der Waals surface area contributed by atoms with Crippen molar-refractivity contribution in [1.29, 1.82) is 0 Å². The Hall–Kier alpha value is -1.15. The van der Waals surface area contributed by atoms with E-state index in [0.717, 1.165) is 11.8 Å². The lowest BCUT2D eigenvalue weighted by Crippen LogP contribution is -2.57. The van der Waals surface area contributed by atoms with Crippen LogP contribution in [0.3, 0.4) is 0 Å². The normalized spacial score (nSPS) is 36.2. The van der Waals surface area contributed by atoms with Gasteiger partial charge in [0.05, 0.1) is 17.2 Å². The summed E-state index contributed by atoms with van der Waals surface area (Å²) in [6.07, 6.45) is 5.91. The van der Waals surface area contributed by atoms with E-state index >= 15 is 0 Å². The molecule has 1 aromatic carbocycles. The van der Waals surface area contributed by atoms with Crippen LogP contribution in [-0.2, 0) is 14.8 Å². The monoisotopic (exact) mass is 494 g/mol. The second-order valence-corrected chi connectivity index (χ2v) is 13.1. The Bertz CT molecular complexity index is 991. The lowest BCUT2D eigenvalue weighted by Gasteiger charge is -2.57. The van der Waals surface area contributed by atoms with Crippen LogP contribution in [0.5, 0.6) is 0 Å². The van der Waals surface area contributed by atoms with Crippen molar-refractivity contribution in [3.05, 3.63) is 28.8 Å². The molecule has 0 unspecified atom stereocenters. The summed E-state index contributed by atoms with van der Waals surface area (Å²) in [6, 6.07) is 4.99. The van der Waals surface area contributed by atoms with Gasteiger partial charge in [0.15, 0.2) is 0 Å². The van der Waals surface area contributed by atoms with Crippen molar-refractivity contribution in [2.75, 3.05) is 19.6 Å². The van der Waals surface area contributed by atoms with Crippen molar-refractivity contribution in [3.63, 3.8) is 0 Å². The Labute approximate surface area is 202 Å². The molecule has 4 saturated carbocycles. The molecule has 5 fully saturated rings. The van der Waals surface area contributed by atoms with E-state index in [9.17, 15) is 13.2 Å². The van der Waals surface area contributed by atoms with Crippen LogP contribution in [0.25, 0.3) is 0 Å². The lowest BCUT2D eigenvalue weighted by molar-refractivity contribution is -0.0543. The van der Waals surface area contributed by atoms with E-state index in [1.165, 1.54) is 42.5 Å². The Balaban J connectivity index is 1.43. The van der Waals surface area contributed by atoms with Gasteiger partial charge < -0.3 is 9.64 Å². The standard InChI is InChI=1S/C25H35ClN2O4S/c1-4-28(24-20-8-17-7-18(10-20)11-21(24)9-17)25(29)19-5-6-22(26)23(12-19)33(30,31)27-13-15(2)32-16(3)14-27/h5-6,12,15-18,20-21,24H,4,7-11,13-14H2,1-3H3/t15-,16-,17?,18?,20?,21?,24?/m0/s1. The Morgan fingerprint density at radius 1 is 1.06 bits per heavy atom. The van der Waals surface area contributed by atoms with Crippen molar-refractivity contribution in [1.82, 2.24) is 9.21 Å². The number of nitrogens with zero attached hydrogens (tertiary/aromatic N) is 2. The molecule has 0 N–H and O–H groups in total. The first kappa shape index (κ1) is 23.6. The molecule has 5 aliphatic rings. The molecule has 182 valence electrons. The van der Waals surface area contributed by atoms with Gasteiger partial charge in [-0.3, -0.25) is 4.79 Å². The Morgan fingerprint density at radius 2 is 1.64 bits per heavy atom. The first-order chi connectivity index (χ1) is 15.7. The number of sulfonamides is 1. The van der Waals surface area contributed by atoms with E-state index in [1.807, 2.05) is 25.7 Å². The molecule has 1 saturated heterocycles. The molecule has 1 aromatic rings. The van der Waals surface area contributed by atoms with Gasteiger partial charge in [0, 0.05) is 31.2 Å². The Morgan fingerprint density at radius 3 is 2.18 bits per heavy atom. The summed E-state index contributed by atoms with van der Waals surface area (Å²) in [5, 5.41) is 0.149. The third-order valence-electron chi connectivity index (χ3n) is 8.32. The van der Waals surface area contributed by atoms with E-state index < -0.39 is 10.0 Å². The van der Waals surface area contributed by atoms with Crippen LogP contribution in [0, 0.1) is 23.7 Å². The summed E-state index contributed by atoms with van der Waals surface area (Å²) in [7, 11) is -3.84. The summed E-state index contributed by atoms with van der Waals surface area (Å²) >= 11 is 6.38. The molecule has 1 amide bonds. The first-order valence-corrected chi connectivity index (χ1v) is 14.2. The molecule has 8 heteroatoms. The highest BCUT2D eigenvalue weighted by Gasteiger charge is 2.50. The number of hydrogen-bond donors (Lipinski definition) is 0. The van der Waals surface area contributed by atoms with Crippen LogP contribution >= 0.6 is 11.6 Å². The zero-order chi connectivity index (χ0) is 23.5. The maximum absolute atomic E-state index is 13.7. The van der Waals surface area contributed by atoms with Crippen LogP contribution in [0.15, 0.2) is 23.1 Å². The molecule has 2 atom stereocenters. The molecule has 0 radical (unpaired) electrons. The predicted molar refractivity (Wildman–Crippen MR) is 128 cm³/mol. The fourth-order valence-corrected chi connectivity index (χ4v) is 9.45. The SMILES string of the molecule is CCN(C(=O)c1ccc(Cl)c(S(=O)(=O)N2C[C@H](C)O[C@@H](C)C2)c1)C1C2CC3CC(C2)CC1C3. The minimum atomic E-state index is -3.84. The van der Waals surface area contributed by atoms with Crippen LogP contribution in [0.4, 0.5) is 0 Å². The van der Waals surface area contributed by atoms with Gasteiger partial charge in [-0.05, 0) is 94.7 Å². The van der Waals surface area contributed by atoms with Crippen LogP contribution < -0.4 is 0 Å². The summed E-state index contributed by atoms with van der Waals surface area (Å²) in [4.78, 5) is 15.8. The first-order valence-electron chi connectivity index (χ1n) is 12.4. The molecular formula is C25H35ClN2O4S. The predicted octanol–water partition coefficient (Wildman–Crippen LogP) is 4.42. The van der Waals surface area contributed by atoms with Gasteiger partial charge in [-0.1, -0.05) is 11.6 Å². The summed E-state index contributed by atoms with van der Waals surface area (Å²) in [6.45, 7) is 6.95. The molecule has 4 bridgehead atoms. The molecule has 1 heterocycles. The van der Waals surface area contributed by atoms with Gasteiger partial charge in [-0.25, -0.2) is 8.42 Å². The molecule has 6 rings (SSSR count). The molecule has 33 heavy (non-hydrogen) atoms. The minimum absolute atomic E-state index is 0.0115. The summed E-state index contributed by atoms with van der Waals surface area (Å²) in [5.41, 5.74) is 0.406. The minimum Gasteiger partial charge on any atom is -0.373 e. The number of ether oxygens (including phenoxy) is 1. The van der Waals surface area contributed by atoms with Gasteiger partial charge in [0.25, 0.3) is 5.91 Å². The van der Waals surface area contributed by atoms with Crippen LogP contribution in [-0.4, -0.2) is 61.4 Å². The number of carbonyl (C=O) groups excluding carboxylic acids is 1. The van der Waals surface area contributed by atoms with Crippen molar-refractivity contribution >= 4 is 27.5 Å². The van der Waals surface area contributed by atoms with Gasteiger partial charge in [-0.15, -0.1) is 0 Å². The largest absolute Gasteiger partial charge is 0.373 e. The number of hydrogen-bond acceptors (Lipinski definition) is 4. The third kappa shape index (κ3) is 4.24. The highest BCUT2D eigenvalue weighted by atomic mass is 35.5. The van der Waals surface area contributed by atoms with Crippen molar-refractivity contribution in [2.45, 2.75) is 76.0 Å². The Kier molecular flexibility index (Phi) is 6.30. The second kappa shape index (κ2) is 8.81. The lowest BCUT2D eigenvalue weighted by atomic mass is 9.54. The zero-order valence-electron chi connectivity index (χ0n) is 19.7. The maximum atomic E-state index is 13.7. The molecule has 4 aliphatic carbocycles. The number of benzene rings is 1. The average Bonchev–Trinajstić information content (AvgIpc) is 2.75. The number of morpholine rings is 1. The average molecular weight is 495 g/mol. The highest BCUT2D eigenvalue weighted by molar-refractivity contribution is 7.89. The van der Waals surface area contributed by atoms with Crippen molar-refractivity contribution < 1.29 is 17.9 Å². The molecular weight excluding hydrogens is 460 g/mol. The van der Waals surface area contributed by atoms with Gasteiger partial charge in [0.2, 0.25) is 10.0 Å². The van der Waals surface area contributed by atoms with Gasteiger partial charge >= 0.3 is 0 Å². The fourth-order valence-electron chi connectivity index (χ4n) is 7.36. The third-order valence-corrected chi connectivity index (χ3v) is 10.6. The van der Waals surface area contributed by atoms with Crippen LogP contribution in [0.2, 0.25) is 5.02 Å². The van der Waals surface area contributed by atoms with Crippen LogP contribution in [0.1, 0.15) is 63.2 Å². The topological polar surface area (TPSA) is 66.9 Å². The van der Waals surface area contributed by atoms with Gasteiger partial charge in [-0.2, -0.15) is 4.31 Å². The second-order valence-electron chi connectivity index (χ2n) is 10.7. The zero-order valence-corrected chi connectivity index (χ0v) is 21.3. The molecule has 1 aliphatic heterocycles. The van der Waals surface area contributed by atoms with E-state index in [2.05, 4.69) is 0 Å². The molecule has 0 aromatic heterocycles. The molecule has 6 nitrogen and oxygen atoms in total. The summed E-state index contributed by atoms with van der Waals surface area (Å²) in [5.74, 6) is 2.76.